The Morgan fingerprint density at radius 3 is 2.70 bits per heavy atom. The highest BCUT2D eigenvalue weighted by molar-refractivity contribution is 7.98. The Kier molecular flexibility index (Phi) is 7.51. The van der Waals surface area contributed by atoms with Crippen LogP contribution in [0.2, 0.25) is 0 Å². The SMILES string of the molecule is CCN(CC(=O)Nc1ccc2c(c1)OCCO2)C(=O)c1ccccc1SCc1csc(C)n1. The first kappa shape index (κ1) is 23.1. The molecule has 0 fully saturated rings. The molecule has 0 atom stereocenters. The second kappa shape index (κ2) is 10.7. The van der Waals surface area contributed by atoms with Gasteiger partial charge in [0.15, 0.2) is 11.5 Å². The Balaban J connectivity index is 1.41. The number of carbonyl (C=O) groups excluding carboxylic acids is 2. The fourth-order valence-electron chi connectivity index (χ4n) is 3.39. The van der Waals surface area contributed by atoms with Crippen LogP contribution in [0.1, 0.15) is 28.0 Å². The molecule has 0 unspecified atom stereocenters. The second-order valence-corrected chi connectivity index (χ2v) is 9.45. The maximum absolute atomic E-state index is 13.3. The van der Waals surface area contributed by atoms with E-state index in [2.05, 4.69) is 10.3 Å². The third-order valence-electron chi connectivity index (χ3n) is 4.99. The first-order valence-corrected chi connectivity index (χ1v) is 12.5. The molecule has 1 aliphatic heterocycles. The second-order valence-electron chi connectivity index (χ2n) is 7.37. The Morgan fingerprint density at radius 2 is 1.94 bits per heavy atom. The van der Waals surface area contributed by atoms with Gasteiger partial charge >= 0.3 is 0 Å². The lowest BCUT2D eigenvalue weighted by molar-refractivity contribution is -0.116. The van der Waals surface area contributed by atoms with E-state index < -0.39 is 0 Å². The van der Waals surface area contributed by atoms with E-state index >= 15 is 0 Å². The Labute approximate surface area is 201 Å². The minimum Gasteiger partial charge on any atom is -0.486 e. The van der Waals surface area contributed by atoms with Crippen LogP contribution in [-0.2, 0) is 10.5 Å². The van der Waals surface area contributed by atoms with E-state index in [4.69, 9.17) is 9.47 Å². The summed E-state index contributed by atoms with van der Waals surface area (Å²) < 4.78 is 11.1. The number of anilines is 1. The van der Waals surface area contributed by atoms with E-state index in [1.807, 2.05) is 37.4 Å². The van der Waals surface area contributed by atoms with Crippen molar-refractivity contribution in [1.29, 1.82) is 0 Å². The van der Waals surface area contributed by atoms with Gasteiger partial charge in [-0.1, -0.05) is 12.1 Å². The lowest BCUT2D eigenvalue weighted by atomic mass is 10.2. The molecule has 7 nitrogen and oxygen atoms in total. The van der Waals surface area contributed by atoms with Crippen molar-refractivity contribution in [2.75, 3.05) is 31.6 Å². The number of rotatable bonds is 8. The molecule has 4 rings (SSSR count). The summed E-state index contributed by atoms with van der Waals surface area (Å²) in [5.41, 5.74) is 2.18. The fraction of sp³-hybridized carbons (Fsp3) is 0.292. The number of hydrogen-bond acceptors (Lipinski definition) is 7. The van der Waals surface area contributed by atoms with E-state index in [9.17, 15) is 9.59 Å². The predicted molar refractivity (Wildman–Crippen MR) is 130 cm³/mol. The first-order valence-electron chi connectivity index (χ1n) is 10.6. The van der Waals surface area contributed by atoms with Gasteiger partial charge in [-0.3, -0.25) is 9.59 Å². The highest BCUT2D eigenvalue weighted by Gasteiger charge is 2.21. The van der Waals surface area contributed by atoms with E-state index in [1.54, 1.807) is 52.3 Å². The monoisotopic (exact) mass is 483 g/mol. The maximum Gasteiger partial charge on any atom is 0.255 e. The average molecular weight is 484 g/mol. The number of thiazole rings is 1. The van der Waals surface area contributed by atoms with Crippen LogP contribution in [0.4, 0.5) is 5.69 Å². The molecule has 0 saturated carbocycles. The molecule has 9 heteroatoms. The van der Waals surface area contributed by atoms with Crippen molar-refractivity contribution < 1.29 is 19.1 Å². The first-order chi connectivity index (χ1) is 16.0. The van der Waals surface area contributed by atoms with Gasteiger partial charge in [0.05, 0.1) is 16.3 Å². The van der Waals surface area contributed by atoms with Crippen molar-refractivity contribution in [3.63, 3.8) is 0 Å². The quantitative estimate of drug-likeness (QED) is 0.471. The molecule has 1 aromatic heterocycles. The van der Waals surface area contributed by atoms with Crippen molar-refractivity contribution in [1.82, 2.24) is 9.88 Å². The molecule has 2 aromatic carbocycles. The number of thioether (sulfide) groups is 1. The number of ether oxygens (including phenoxy) is 2. The molecule has 1 aliphatic rings. The van der Waals surface area contributed by atoms with Crippen LogP contribution in [0.25, 0.3) is 0 Å². The number of likely N-dealkylation sites (N-methyl/N-ethyl adjacent to an activating group) is 1. The van der Waals surface area contributed by atoms with Gasteiger partial charge in [0, 0.05) is 34.3 Å². The van der Waals surface area contributed by atoms with Crippen molar-refractivity contribution >= 4 is 40.6 Å². The fourth-order valence-corrected chi connectivity index (χ4v) is 5.04. The van der Waals surface area contributed by atoms with Crippen molar-refractivity contribution in [2.24, 2.45) is 0 Å². The summed E-state index contributed by atoms with van der Waals surface area (Å²) >= 11 is 3.19. The van der Waals surface area contributed by atoms with Gasteiger partial charge < -0.3 is 19.7 Å². The lowest BCUT2D eigenvalue weighted by Gasteiger charge is -2.22. The van der Waals surface area contributed by atoms with Crippen molar-refractivity contribution in [3.8, 4) is 11.5 Å². The average Bonchev–Trinajstić information content (AvgIpc) is 3.26. The molecule has 172 valence electrons. The number of aryl methyl sites for hydroxylation is 1. The van der Waals surface area contributed by atoms with Gasteiger partial charge in [-0.2, -0.15) is 0 Å². The maximum atomic E-state index is 13.3. The van der Waals surface area contributed by atoms with Crippen LogP contribution < -0.4 is 14.8 Å². The zero-order valence-corrected chi connectivity index (χ0v) is 20.1. The summed E-state index contributed by atoms with van der Waals surface area (Å²) in [6.45, 7) is 5.19. The normalized spacial score (nSPS) is 12.3. The predicted octanol–water partition coefficient (Wildman–Crippen LogP) is 4.62. The van der Waals surface area contributed by atoms with Crippen LogP contribution in [0.3, 0.4) is 0 Å². The standard InChI is InChI=1S/C24H25N3O4S2/c1-3-27(13-23(28)26-17-8-9-20-21(12-17)31-11-10-30-20)24(29)19-6-4-5-7-22(19)33-15-18-14-32-16(2)25-18/h4-9,12,14H,3,10-11,13,15H2,1-2H3,(H,26,28). The number of fused-ring (bicyclic) bond motifs is 1. The van der Waals surface area contributed by atoms with Gasteiger partial charge in [0.25, 0.3) is 5.91 Å². The summed E-state index contributed by atoms with van der Waals surface area (Å²) in [7, 11) is 0. The third-order valence-corrected chi connectivity index (χ3v) is 6.92. The van der Waals surface area contributed by atoms with Gasteiger partial charge in [0.2, 0.25) is 5.91 Å². The molecule has 0 radical (unpaired) electrons. The van der Waals surface area contributed by atoms with Crippen molar-refractivity contribution in [2.45, 2.75) is 24.5 Å². The van der Waals surface area contributed by atoms with Gasteiger partial charge in [-0.05, 0) is 38.1 Å². The van der Waals surface area contributed by atoms with E-state index in [0.717, 1.165) is 15.6 Å². The number of hydrogen-bond donors (Lipinski definition) is 1. The number of benzene rings is 2. The van der Waals surface area contributed by atoms with Gasteiger partial charge in [-0.15, -0.1) is 23.1 Å². The molecular formula is C24H25N3O4S2. The molecular weight excluding hydrogens is 458 g/mol. The Bertz CT molecular complexity index is 1150. The third kappa shape index (κ3) is 5.85. The van der Waals surface area contributed by atoms with Crippen LogP contribution in [-0.4, -0.2) is 48.0 Å². The summed E-state index contributed by atoms with van der Waals surface area (Å²) in [5, 5.41) is 5.91. The van der Waals surface area contributed by atoms with Gasteiger partial charge in [0.1, 0.15) is 19.8 Å². The molecule has 2 amide bonds. The number of carbonyl (C=O) groups is 2. The van der Waals surface area contributed by atoms with Gasteiger partial charge in [-0.25, -0.2) is 4.98 Å². The smallest absolute Gasteiger partial charge is 0.255 e. The zero-order valence-electron chi connectivity index (χ0n) is 18.5. The summed E-state index contributed by atoms with van der Waals surface area (Å²) in [6, 6.07) is 12.7. The lowest BCUT2D eigenvalue weighted by Crippen LogP contribution is -2.38. The number of aromatic nitrogens is 1. The minimum atomic E-state index is -0.273. The molecule has 3 aromatic rings. The Hall–Kier alpha value is -3.04. The summed E-state index contributed by atoms with van der Waals surface area (Å²) in [5.74, 6) is 1.50. The minimum absolute atomic E-state index is 0.0476. The number of nitrogens with one attached hydrogen (secondary N) is 1. The van der Waals surface area contributed by atoms with E-state index in [0.29, 0.717) is 48.3 Å². The molecule has 0 saturated heterocycles. The van der Waals surface area contributed by atoms with E-state index in [1.165, 1.54) is 0 Å². The molecule has 0 spiro atoms. The zero-order chi connectivity index (χ0) is 23.2. The largest absolute Gasteiger partial charge is 0.486 e. The Morgan fingerprint density at radius 1 is 1.15 bits per heavy atom. The van der Waals surface area contributed by atoms with Crippen molar-refractivity contribution in [3.05, 3.63) is 64.1 Å². The van der Waals surface area contributed by atoms with Crippen LogP contribution in [0.5, 0.6) is 11.5 Å². The van der Waals surface area contributed by atoms with Crippen LogP contribution in [0, 0.1) is 6.92 Å². The molecule has 33 heavy (non-hydrogen) atoms. The molecule has 1 N–H and O–H groups in total. The molecule has 2 heterocycles. The molecule has 0 bridgehead atoms. The highest BCUT2D eigenvalue weighted by Crippen LogP contribution is 2.32. The van der Waals surface area contributed by atoms with Crippen LogP contribution >= 0.6 is 23.1 Å². The highest BCUT2D eigenvalue weighted by atomic mass is 32.2. The number of amides is 2. The van der Waals surface area contributed by atoms with Crippen LogP contribution in [0.15, 0.2) is 52.7 Å². The number of nitrogens with zero attached hydrogens (tertiary/aromatic N) is 2. The topological polar surface area (TPSA) is 80.8 Å². The van der Waals surface area contributed by atoms with E-state index in [-0.39, 0.29) is 18.4 Å². The summed E-state index contributed by atoms with van der Waals surface area (Å²) in [4.78, 5) is 32.9. The molecule has 0 aliphatic carbocycles. The summed E-state index contributed by atoms with van der Waals surface area (Å²) in [6.07, 6.45) is 0.